The van der Waals surface area contributed by atoms with Crippen molar-refractivity contribution in [3.63, 3.8) is 0 Å². The van der Waals surface area contributed by atoms with Crippen LogP contribution in [0, 0.1) is 13.8 Å². The lowest BCUT2D eigenvalue weighted by atomic mass is 10.1. The van der Waals surface area contributed by atoms with E-state index in [2.05, 4.69) is 45.4 Å². The summed E-state index contributed by atoms with van der Waals surface area (Å²) in [5.74, 6) is 1.66. The Morgan fingerprint density at radius 1 is 1.19 bits per heavy atom. The Hall–Kier alpha value is -2.21. The summed E-state index contributed by atoms with van der Waals surface area (Å²) < 4.78 is 1.88. The maximum absolute atomic E-state index is 4.81. The van der Waals surface area contributed by atoms with Crippen LogP contribution in [0.5, 0.6) is 0 Å². The number of rotatable bonds is 2. The fraction of sp³-hybridized carbons (Fsp3) is 0.400. The number of nitrogens with one attached hydrogen (secondary N) is 1. The van der Waals surface area contributed by atoms with E-state index in [4.69, 9.17) is 4.98 Å². The molecule has 1 N–H and O–H groups in total. The van der Waals surface area contributed by atoms with Gasteiger partial charge in [0.05, 0.1) is 5.52 Å². The number of nitrogens with zero attached hydrogens (tertiary/aromatic N) is 5. The number of hydrogen-bond donors (Lipinski definition) is 1. The molecule has 0 saturated carbocycles. The highest BCUT2D eigenvalue weighted by Crippen LogP contribution is 2.26. The van der Waals surface area contributed by atoms with Gasteiger partial charge in [0, 0.05) is 24.5 Å². The molecule has 2 aromatic heterocycles. The molecule has 108 valence electrons. The standard InChI is InChI=1S/C15H18N6/c1-9-4-5-13-12(6-9)14-17-10(2)19-21(14)15(18-13)20-7-11(8-20)16-3/h4-6,11,16H,7-8H2,1-3H3. The predicted octanol–water partition coefficient (Wildman–Crippen LogP) is 1.30. The highest BCUT2D eigenvalue weighted by atomic mass is 15.4. The molecule has 0 aliphatic carbocycles. The lowest BCUT2D eigenvalue weighted by Gasteiger charge is -2.39. The molecule has 1 aliphatic heterocycles. The van der Waals surface area contributed by atoms with Crippen LogP contribution >= 0.6 is 0 Å². The summed E-state index contributed by atoms with van der Waals surface area (Å²) in [6.45, 7) is 5.91. The van der Waals surface area contributed by atoms with Crippen LogP contribution in [-0.2, 0) is 0 Å². The first-order chi connectivity index (χ1) is 10.2. The summed E-state index contributed by atoms with van der Waals surface area (Å²) in [5.41, 5.74) is 3.08. The molecule has 3 heterocycles. The normalized spacial score (nSPS) is 15.9. The Balaban J connectivity index is 1.95. The molecule has 6 heteroatoms. The van der Waals surface area contributed by atoms with Crippen molar-refractivity contribution in [2.75, 3.05) is 25.0 Å². The lowest BCUT2D eigenvalue weighted by Crippen LogP contribution is -2.58. The summed E-state index contributed by atoms with van der Waals surface area (Å²) in [7, 11) is 1.99. The van der Waals surface area contributed by atoms with Gasteiger partial charge in [0.1, 0.15) is 5.82 Å². The van der Waals surface area contributed by atoms with Crippen molar-refractivity contribution in [3.05, 3.63) is 29.6 Å². The van der Waals surface area contributed by atoms with Gasteiger partial charge >= 0.3 is 0 Å². The molecule has 3 aromatic rings. The molecule has 4 rings (SSSR count). The van der Waals surface area contributed by atoms with Crippen LogP contribution < -0.4 is 10.2 Å². The summed E-state index contributed by atoms with van der Waals surface area (Å²) in [6.07, 6.45) is 0. The quantitative estimate of drug-likeness (QED) is 0.768. The fourth-order valence-corrected chi connectivity index (χ4v) is 2.84. The Morgan fingerprint density at radius 3 is 2.76 bits per heavy atom. The van der Waals surface area contributed by atoms with Crippen molar-refractivity contribution in [1.29, 1.82) is 0 Å². The summed E-state index contributed by atoms with van der Waals surface area (Å²) in [6, 6.07) is 6.81. The van der Waals surface area contributed by atoms with E-state index >= 15 is 0 Å². The zero-order valence-corrected chi connectivity index (χ0v) is 12.5. The van der Waals surface area contributed by atoms with E-state index in [1.807, 2.05) is 18.5 Å². The number of aromatic nitrogens is 4. The van der Waals surface area contributed by atoms with Crippen molar-refractivity contribution in [1.82, 2.24) is 24.9 Å². The van der Waals surface area contributed by atoms with E-state index in [9.17, 15) is 0 Å². The molecule has 21 heavy (non-hydrogen) atoms. The van der Waals surface area contributed by atoms with Gasteiger partial charge < -0.3 is 10.2 Å². The first kappa shape index (κ1) is 12.5. The lowest BCUT2D eigenvalue weighted by molar-refractivity contribution is 0.440. The third kappa shape index (κ3) is 1.86. The summed E-state index contributed by atoms with van der Waals surface area (Å²) >= 11 is 0. The van der Waals surface area contributed by atoms with Crippen LogP contribution in [0.1, 0.15) is 11.4 Å². The number of benzene rings is 1. The second-order valence-electron chi connectivity index (χ2n) is 5.72. The fourth-order valence-electron chi connectivity index (χ4n) is 2.84. The van der Waals surface area contributed by atoms with Gasteiger partial charge in [-0.25, -0.2) is 9.97 Å². The number of anilines is 1. The highest BCUT2D eigenvalue weighted by molar-refractivity contribution is 5.92. The molecule has 1 saturated heterocycles. The number of likely N-dealkylation sites (N-methyl/N-ethyl adjacent to an activating group) is 1. The van der Waals surface area contributed by atoms with Crippen LogP contribution in [0.2, 0.25) is 0 Å². The van der Waals surface area contributed by atoms with Crippen LogP contribution in [0.4, 0.5) is 5.95 Å². The second kappa shape index (κ2) is 4.39. The van der Waals surface area contributed by atoms with E-state index in [1.165, 1.54) is 5.56 Å². The second-order valence-corrected chi connectivity index (χ2v) is 5.72. The molecule has 0 spiro atoms. The molecule has 0 radical (unpaired) electrons. The average molecular weight is 282 g/mol. The largest absolute Gasteiger partial charge is 0.337 e. The molecule has 0 bridgehead atoms. The molecule has 0 atom stereocenters. The molecule has 1 aliphatic rings. The van der Waals surface area contributed by atoms with Gasteiger partial charge in [-0.05, 0) is 33.0 Å². The maximum atomic E-state index is 4.81. The van der Waals surface area contributed by atoms with Crippen molar-refractivity contribution in [2.24, 2.45) is 0 Å². The number of fused-ring (bicyclic) bond motifs is 3. The van der Waals surface area contributed by atoms with Gasteiger partial charge in [-0.2, -0.15) is 4.52 Å². The van der Waals surface area contributed by atoms with Crippen molar-refractivity contribution >= 4 is 22.5 Å². The monoisotopic (exact) mass is 282 g/mol. The predicted molar refractivity (Wildman–Crippen MR) is 82.8 cm³/mol. The van der Waals surface area contributed by atoms with Crippen molar-refractivity contribution < 1.29 is 0 Å². The zero-order chi connectivity index (χ0) is 14.6. The van der Waals surface area contributed by atoms with Gasteiger partial charge in [0.25, 0.3) is 0 Å². The molecule has 6 nitrogen and oxygen atoms in total. The van der Waals surface area contributed by atoms with E-state index in [-0.39, 0.29) is 0 Å². The maximum Gasteiger partial charge on any atom is 0.229 e. The zero-order valence-electron chi connectivity index (χ0n) is 12.5. The highest BCUT2D eigenvalue weighted by Gasteiger charge is 2.29. The van der Waals surface area contributed by atoms with E-state index in [0.717, 1.165) is 41.4 Å². The summed E-state index contributed by atoms with van der Waals surface area (Å²) in [4.78, 5) is 11.6. The topological polar surface area (TPSA) is 58.3 Å². The van der Waals surface area contributed by atoms with Crippen LogP contribution in [0.3, 0.4) is 0 Å². The Bertz CT molecular complexity index is 831. The van der Waals surface area contributed by atoms with Gasteiger partial charge in [-0.1, -0.05) is 11.6 Å². The number of aryl methyl sites for hydroxylation is 2. The van der Waals surface area contributed by atoms with Crippen LogP contribution in [-0.4, -0.2) is 45.8 Å². The first-order valence-electron chi connectivity index (χ1n) is 7.21. The van der Waals surface area contributed by atoms with E-state index in [0.29, 0.717) is 6.04 Å². The molecule has 0 amide bonds. The Labute approximate surface area is 122 Å². The van der Waals surface area contributed by atoms with Gasteiger partial charge in [0.2, 0.25) is 5.95 Å². The molecule has 0 unspecified atom stereocenters. The molecular weight excluding hydrogens is 264 g/mol. The third-order valence-corrected chi connectivity index (χ3v) is 4.09. The van der Waals surface area contributed by atoms with E-state index < -0.39 is 0 Å². The van der Waals surface area contributed by atoms with Gasteiger partial charge in [-0.3, -0.25) is 0 Å². The minimum absolute atomic E-state index is 0.528. The Morgan fingerprint density at radius 2 is 2.00 bits per heavy atom. The Kier molecular flexibility index (Phi) is 2.62. The smallest absolute Gasteiger partial charge is 0.229 e. The minimum atomic E-state index is 0.528. The molecule has 1 fully saturated rings. The van der Waals surface area contributed by atoms with Crippen molar-refractivity contribution in [3.8, 4) is 0 Å². The SMILES string of the molecule is CNC1CN(c2nc3ccc(C)cc3c3nc(C)nn23)C1. The molecular formula is C15H18N6. The van der Waals surface area contributed by atoms with Crippen LogP contribution in [0.15, 0.2) is 18.2 Å². The number of hydrogen-bond acceptors (Lipinski definition) is 5. The summed E-state index contributed by atoms with van der Waals surface area (Å²) in [5, 5.41) is 8.87. The average Bonchev–Trinajstić information content (AvgIpc) is 2.80. The first-order valence-corrected chi connectivity index (χ1v) is 7.21. The van der Waals surface area contributed by atoms with Gasteiger partial charge in [0.15, 0.2) is 5.65 Å². The van der Waals surface area contributed by atoms with Crippen LogP contribution in [0.25, 0.3) is 16.6 Å². The molecule has 1 aromatic carbocycles. The minimum Gasteiger partial charge on any atom is -0.337 e. The van der Waals surface area contributed by atoms with Crippen molar-refractivity contribution in [2.45, 2.75) is 19.9 Å². The third-order valence-electron chi connectivity index (χ3n) is 4.09. The van der Waals surface area contributed by atoms with E-state index in [1.54, 1.807) is 0 Å². The van der Waals surface area contributed by atoms with Gasteiger partial charge in [-0.15, -0.1) is 5.10 Å².